The van der Waals surface area contributed by atoms with E-state index in [1.54, 1.807) is 0 Å². The maximum atomic E-state index is 9.84. The molecule has 5 unspecified atom stereocenters. The summed E-state index contributed by atoms with van der Waals surface area (Å²) in [5, 5.41) is 32.6. The Kier molecular flexibility index (Phi) is 7.78. The fraction of sp³-hybridized carbons (Fsp3) is 0.900. The van der Waals surface area contributed by atoms with Gasteiger partial charge in [0.05, 0.1) is 12.7 Å². The second kappa shape index (κ2) is 8.22. The van der Waals surface area contributed by atoms with E-state index >= 15 is 0 Å². The average molecular weight is 249 g/mol. The Hall–Kier alpha value is -0.910. The van der Waals surface area contributed by atoms with Gasteiger partial charge >= 0.3 is 0 Å². The molecular formula is C10H19NO6. The molecule has 0 aromatic heterocycles. The number of nitrogens with zero attached hydrogens (tertiary/aromatic N) is 1. The van der Waals surface area contributed by atoms with Gasteiger partial charge in [-0.1, -0.05) is 6.92 Å². The van der Waals surface area contributed by atoms with Crippen LogP contribution in [0.2, 0.25) is 0 Å². The van der Waals surface area contributed by atoms with E-state index in [0.29, 0.717) is 0 Å². The number of aliphatic hydroxyl groups excluding tert-OH is 3. The molecule has 1 heterocycles. The highest BCUT2D eigenvalue weighted by Gasteiger charge is 2.43. The quantitative estimate of drug-likeness (QED) is 0.561. The molecule has 0 aromatic carbocycles. The van der Waals surface area contributed by atoms with Crippen molar-refractivity contribution in [1.29, 1.82) is 5.26 Å². The molecule has 3 N–H and O–H groups in total. The highest BCUT2D eigenvalue weighted by molar-refractivity contribution is 4.87. The third-order valence-corrected chi connectivity index (χ3v) is 2.66. The van der Waals surface area contributed by atoms with Gasteiger partial charge in [0.25, 0.3) is 6.26 Å². The second-order valence-electron chi connectivity index (χ2n) is 3.61. The summed E-state index contributed by atoms with van der Waals surface area (Å²) in [5.41, 5.74) is 0. The van der Waals surface area contributed by atoms with Gasteiger partial charge in [-0.25, -0.2) is 0 Å². The van der Waals surface area contributed by atoms with E-state index in [2.05, 4.69) is 0 Å². The van der Waals surface area contributed by atoms with E-state index in [0.717, 1.165) is 6.26 Å². The molecule has 0 radical (unpaired) electrons. The normalized spacial score (nSPS) is 36.6. The van der Waals surface area contributed by atoms with Gasteiger partial charge < -0.3 is 29.5 Å². The van der Waals surface area contributed by atoms with E-state index in [1.807, 2.05) is 6.92 Å². The third-order valence-electron chi connectivity index (χ3n) is 2.66. The van der Waals surface area contributed by atoms with Crippen molar-refractivity contribution in [2.45, 2.75) is 31.5 Å². The number of rotatable bonds is 3. The van der Waals surface area contributed by atoms with Crippen LogP contribution in [0.15, 0.2) is 0 Å². The van der Waals surface area contributed by atoms with Crippen LogP contribution < -0.4 is 0 Å². The van der Waals surface area contributed by atoms with Crippen molar-refractivity contribution < 1.29 is 29.5 Å². The highest BCUT2D eigenvalue weighted by atomic mass is 16.7. The van der Waals surface area contributed by atoms with Crippen molar-refractivity contribution in [1.82, 2.24) is 0 Å². The zero-order chi connectivity index (χ0) is 13.4. The van der Waals surface area contributed by atoms with Gasteiger partial charge in [0, 0.05) is 20.1 Å². The summed E-state index contributed by atoms with van der Waals surface area (Å²) in [4.78, 5) is 0. The summed E-state index contributed by atoms with van der Waals surface area (Å²) in [6, 6.07) is 0. The van der Waals surface area contributed by atoms with Gasteiger partial charge in [-0.2, -0.15) is 5.26 Å². The zero-order valence-corrected chi connectivity index (χ0v) is 10.1. The predicted molar refractivity (Wildman–Crippen MR) is 56.3 cm³/mol. The first kappa shape index (κ1) is 16.1. The molecule has 0 saturated carbocycles. The molecule has 7 heteroatoms. The Morgan fingerprint density at radius 2 is 1.88 bits per heavy atom. The highest BCUT2D eigenvalue weighted by Crippen LogP contribution is 2.27. The first-order valence-electron chi connectivity index (χ1n) is 5.10. The number of aliphatic hydroxyl groups is 3. The summed E-state index contributed by atoms with van der Waals surface area (Å²) in [6.07, 6.45) is -1.46. The number of hydrogen-bond donors (Lipinski definition) is 3. The molecule has 1 saturated heterocycles. The fourth-order valence-electron chi connectivity index (χ4n) is 1.76. The minimum atomic E-state index is -0.684. The van der Waals surface area contributed by atoms with Crippen molar-refractivity contribution >= 4 is 0 Å². The minimum Gasteiger partial charge on any atom is -0.443 e. The molecule has 7 nitrogen and oxygen atoms in total. The van der Waals surface area contributed by atoms with Crippen LogP contribution in [-0.2, 0) is 14.2 Å². The van der Waals surface area contributed by atoms with Crippen LogP contribution in [0, 0.1) is 17.4 Å². The average Bonchev–Trinajstić information content (AvgIpc) is 2.33. The largest absolute Gasteiger partial charge is 0.443 e. The van der Waals surface area contributed by atoms with Crippen LogP contribution in [-0.4, -0.2) is 60.7 Å². The molecule has 1 rings (SSSR count). The third kappa shape index (κ3) is 4.11. The van der Waals surface area contributed by atoms with E-state index in [1.165, 1.54) is 14.2 Å². The Morgan fingerprint density at radius 1 is 1.35 bits per heavy atom. The van der Waals surface area contributed by atoms with Crippen LogP contribution in [0.5, 0.6) is 0 Å². The summed E-state index contributed by atoms with van der Waals surface area (Å²) in [7, 11) is 3.00. The second-order valence-corrected chi connectivity index (χ2v) is 3.61. The summed E-state index contributed by atoms with van der Waals surface area (Å²) in [6.45, 7) is 1.63. The van der Waals surface area contributed by atoms with Crippen molar-refractivity contribution in [3.05, 3.63) is 0 Å². The summed E-state index contributed by atoms with van der Waals surface area (Å²) in [5.74, 6) is -0.173. The van der Waals surface area contributed by atoms with Gasteiger partial charge in [-0.05, 0) is 0 Å². The fourth-order valence-corrected chi connectivity index (χ4v) is 1.76. The van der Waals surface area contributed by atoms with Crippen molar-refractivity contribution in [3.8, 4) is 6.26 Å². The number of methoxy groups -OCH3 is 2. The van der Waals surface area contributed by atoms with Gasteiger partial charge in [0.2, 0.25) is 0 Å². The van der Waals surface area contributed by atoms with Crippen LogP contribution in [0.4, 0.5) is 0 Å². The van der Waals surface area contributed by atoms with Crippen molar-refractivity contribution in [2.24, 2.45) is 5.92 Å². The van der Waals surface area contributed by atoms with E-state index in [9.17, 15) is 5.11 Å². The SMILES string of the molecule is COC1OC(CO)C(OC)C(O)C1C.N#CO. The molecular weight excluding hydrogens is 230 g/mol. The molecule has 17 heavy (non-hydrogen) atoms. The first-order chi connectivity index (χ1) is 8.06. The standard InChI is InChI=1S/C9H18O5.CHNO/c1-5-7(11)8(12-2)6(4-10)14-9(5)13-3;2-1-3/h5-11H,4H2,1-3H3;3H. The number of hydrogen-bond acceptors (Lipinski definition) is 7. The topological polar surface area (TPSA) is 112 Å². The molecule has 1 aliphatic heterocycles. The molecule has 100 valence electrons. The van der Waals surface area contributed by atoms with E-state index in [4.69, 9.17) is 29.7 Å². The zero-order valence-electron chi connectivity index (χ0n) is 10.1. The molecule has 0 bridgehead atoms. The maximum absolute atomic E-state index is 9.84. The minimum absolute atomic E-state index is 0.173. The molecule has 5 atom stereocenters. The molecule has 0 aliphatic carbocycles. The maximum Gasteiger partial charge on any atom is 0.283 e. The molecule has 0 aromatic rings. The smallest absolute Gasteiger partial charge is 0.283 e. The molecule has 1 fully saturated rings. The first-order valence-corrected chi connectivity index (χ1v) is 5.10. The summed E-state index contributed by atoms with van der Waals surface area (Å²) < 4.78 is 15.5. The lowest BCUT2D eigenvalue weighted by Gasteiger charge is -2.41. The monoisotopic (exact) mass is 249 g/mol. The molecule has 0 spiro atoms. The lowest BCUT2D eigenvalue weighted by Crippen LogP contribution is -2.55. The predicted octanol–water partition coefficient (Wildman–Crippen LogP) is -0.798. The van der Waals surface area contributed by atoms with E-state index < -0.39 is 24.6 Å². The van der Waals surface area contributed by atoms with Gasteiger partial charge in [0.1, 0.15) is 12.2 Å². The van der Waals surface area contributed by atoms with Gasteiger partial charge in [0.15, 0.2) is 6.29 Å². The van der Waals surface area contributed by atoms with Crippen LogP contribution >= 0.6 is 0 Å². The van der Waals surface area contributed by atoms with Crippen molar-refractivity contribution in [3.63, 3.8) is 0 Å². The number of nitriles is 1. The summed E-state index contributed by atoms with van der Waals surface area (Å²) >= 11 is 0. The van der Waals surface area contributed by atoms with Crippen LogP contribution in [0.1, 0.15) is 6.92 Å². The lowest BCUT2D eigenvalue weighted by molar-refractivity contribution is -0.279. The molecule has 1 aliphatic rings. The Morgan fingerprint density at radius 3 is 2.24 bits per heavy atom. The Bertz CT molecular complexity index is 241. The van der Waals surface area contributed by atoms with Crippen molar-refractivity contribution in [2.75, 3.05) is 20.8 Å². The van der Waals surface area contributed by atoms with Gasteiger partial charge in [-0.15, -0.1) is 0 Å². The molecule has 0 amide bonds. The van der Waals surface area contributed by atoms with Gasteiger partial charge in [-0.3, -0.25) is 0 Å². The number of ether oxygens (including phenoxy) is 3. The Balaban J connectivity index is 0.000000770. The van der Waals surface area contributed by atoms with E-state index in [-0.39, 0.29) is 12.5 Å². The van der Waals surface area contributed by atoms with Crippen LogP contribution in [0.25, 0.3) is 0 Å². The Labute approximate surface area is 100 Å². The lowest BCUT2D eigenvalue weighted by atomic mass is 9.92. The van der Waals surface area contributed by atoms with Crippen LogP contribution in [0.3, 0.4) is 0 Å².